The molecule has 1 amide bonds. The first-order valence-electron chi connectivity index (χ1n) is 8.61. The first kappa shape index (κ1) is 18.1. The molecular formula is C21H16FN3O2S. The number of nitrogens with zero attached hydrogens (tertiary/aromatic N) is 2. The van der Waals surface area contributed by atoms with E-state index < -0.39 is 5.91 Å². The monoisotopic (exact) mass is 393 g/mol. The lowest BCUT2D eigenvalue weighted by molar-refractivity contribution is 0.102. The lowest BCUT2D eigenvalue weighted by atomic mass is 10.1. The fourth-order valence-electron chi connectivity index (χ4n) is 2.96. The third-order valence-electron chi connectivity index (χ3n) is 4.40. The highest BCUT2D eigenvalue weighted by atomic mass is 32.1. The van der Waals surface area contributed by atoms with E-state index in [0.717, 1.165) is 4.88 Å². The van der Waals surface area contributed by atoms with Crippen molar-refractivity contribution >= 4 is 33.8 Å². The highest BCUT2D eigenvalue weighted by Gasteiger charge is 2.14. The van der Waals surface area contributed by atoms with Crippen LogP contribution < -0.4 is 10.9 Å². The molecule has 3 aromatic heterocycles. The van der Waals surface area contributed by atoms with E-state index in [1.165, 1.54) is 24.3 Å². The van der Waals surface area contributed by atoms with E-state index in [1.54, 1.807) is 41.2 Å². The van der Waals surface area contributed by atoms with Gasteiger partial charge in [0, 0.05) is 16.8 Å². The number of carbonyl (C=O) groups is 1. The Bertz CT molecular complexity index is 1220. The average molecular weight is 393 g/mol. The van der Waals surface area contributed by atoms with E-state index in [9.17, 15) is 14.0 Å². The summed E-state index contributed by atoms with van der Waals surface area (Å²) in [7, 11) is 0. The molecule has 4 aromatic rings. The predicted octanol–water partition coefficient (Wildman–Crippen LogP) is 4.21. The first-order chi connectivity index (χ1) is 13.5. The molecule has 0 saturated carbocycles. The molecule has 0 spiro atoms. The summed E-state index contributed by atoms with van der Waals surface area (Å²) >= 11 is 1.58. The molecule has 0 fully saturated rings. The third-order valence-corrected chi connectivity index (χ3v) is 5.26. The molecule has 0 saturated heterocycles. The number of thiophene rings is 1. The van der Waals surface area contributed by atoms with Gasteiger partial charge in [0.1, 0.15) is 5.82 Å². The Labute approximate surface area is 164 Å². The summed E-state index contributed by atoms with van der Waals surface area (Å²) in [5.41, 5.74) is 1.64. The van der Waals surface area contributed by atoms with Crippen LogP contribution in [-0.4, -0.2) is 15.5 Å². The normalized spacial score (nSPS) is 10.9. The van der Waals surface area contributed by atoms with Crippen LogP contribution in [0.15, 0.2) is 64.9 Å². The van der Waals surface area contributed by atoms with Gasteiger partial charge in [-0.2, -0.15) is 0 Å². The van der Waals surface area contributed by atoms with Crippen LogP contribution in [0.2, 0.25) is 0 Å². The Morgan fingerprint density at radius 3 is 2.71 bits per heavy atom. The van der Waals surface area contributed by atoms with Gasteiger partial charge in [-0.3, -0.25) is 14.6 Å². The van der Waals surface area contributed by atoms with Gasteiger partial charge in [0.05, 0.1) is 28.7 Å². The highest BCUT2D eigenvalue weighted by Crippen LogP contribution is 2.17. The van der Waals surface area contributed by atoms with Gasteiger partial charge in [0.2, 0.25) is 0 Å². The zero-order valence-electron chi connectivity index (χ0n) is 15.0. The molecule has 0 radical (unpaired) electrons. The second-order valence-corrected chi connectivity index (χ2v) is 7.38. The summed E-state index contributed by atoms with van der Waals surface area (Å²) in [4.78, 5) is 31.0. The number of carbonyl (C=O) groups excluding carboxylic acids is 1. The summed E-state index contributed by atoms with van der Waals surface area (Å²) in [5, 5.41) is 5.05. The van der Waals surface area contributed by atoms with E-state index in [1.807, 2.05) is 17.5 Å². The zero-order chi connectivity index (χ0) is 19.7. The van der Waals surface area contributed by atoms with Crippen LogP contribution in [0, 0.1) is 12.7 Å². The molecule has 3 heterocycles. The van der Waals surface area contributed by atoms with Crippen LogP contribution in [-0.2, 0) is 6.54 Å². The van der Waals surface area contributed by atoms with Crippen LogP contribution in [0.25, 0.3) is 10.9 Å². The van der Waals surface area contributed by atoms with E-state index >= 15 is 0 Å². The van der Waals surface area contributed by atoms with Gasteiger partial charge < -0.3 is 9.88 Å². The number of aromatic nitrogens is 2. The molecule has 0 aliphatic carbocycles. The summed E-state index contributed by atoms with van der Waals surface area (Å²) < 4.78 is 14.6. The largest absolute Gasteiger partial charge is 0.322 e. The second-order valence-electron chi connectivity index (χ2n) is 6.34. The molecule has 1 N–H and O–H groups in total. The molecule has 7 heteroatoms. The number of pyridine rings is 2. The van der Waals surface area contributed by atoms with Gasteiger partial charge in [-0.15, -0.1) is 11.3 Å². The number of amides is 1. The van der Waals surface area contributed by atoms with Gasteiger partial charge in [0.25, 0.3) is 11.5 Å². The standard InChI is InChI=1S/C21H16FN3O2S/c1-13-17(20(26)24-15-6-4-14(22)5-7-15)11-18-19(23-13)8-9-25(21(18)27)12-16-3-2-10-28-16/h2-11H,12H2,1H3,(H,24,26). The summed E-state index contributed by atoms with van der Waals surface area (Å²) in [6.07, 6.45) is 1.72. The number of hydrogen-bond donors (Lipinski definition) is 1. The van der Waals surface area contributed by atoms with Gasteiger partial charge in [-0.25, -0.2) is 4.39 Å². The van der Waals surface area contributed by atoms with Crippen molar-refractivity contribution in [1.82, 2.24) is 9.55 Å². The number of anilines is 1. The number of rotatable bonds is 4. The highest BCUT2D eigenvalue weighted by molar-refractivity contribution is 7.09. The van der Waals surface area contributed by atoms with Crippen molar-refractivity contribution in [1.29, 1.82) is 0 Å². The van der Waals surface area contributed by atoms with Gasteiger partial charge in [-0.1, -0.05) is 6.07 Å². The molecule has 0 bridgehead atoms. The minimum Gasteiger partial charge on any atom is -0.322 e. The van der Waals surface area contributed by atoms with Crippen molar-refractivity contribution in [3.8, 4) is 0 Å². The van der Waals surface area contributed by atoms with E-state index in [0.29, 0.717) is 34.4 Å². The smallest absolute Gasteiger partial charge is 0.260 e. The molecule has 140 valence electrons. The summed E-state index contributed by atoms with van der Waals surface area (Å²) in [6, 6.07) is 12.7. The minimum atomic E-state index is -0.397. The minimum absolute atomic E-state index is 0.200. The molecule has 28 heavy (non-hydrogen) atoms. The van der Waals surface area contributed by atoms with Crippen molar-refractivity contribution in [3.63, 3.8) is 0 Å². The number of nitrogens with one attached hydrogen (secondary N) is 1. The molecule has 0 aliphatic heterocycles. The Kier molecular flexibility index (Phi) is 4.75. The van der Waals surface area contributed by atoms with Crippen molar-refractivity contribution in [2.45, 2.75) is 13.5 Å². The molecule has 0 aliphatic rings. The number of aryl methyl sites for hydroxylation is 1. The molecule has 4 rings (SSSR count). The van der Waals surface area contributed by atoms with Crippen LogP contribution in [0.3, 0.4) is 0 Å². The molecule has 0 unspecified atom stereocenters. The maximum atomic E-state index is 13.0. The summed E-state index contributed by atoms with van der Waals surface area (Å²) in [5.74, 6) is -0.778. The van der Waals surface area contributed by atoms with Crippen molar-refractivity contribution in [2.75, 3.05) is 5.32 Å². The van der Waals surface area contributed by atoms with Gasteiger partial charge in [-0.05, 0) is 54.8 Å². The maximum absolute atomic E-state index is 13.0. The fourth-order valence-corrected chi connectivity index (χ4v) is 3.66. The number of hydrogen-bond acceptors (Lipinski definition) is 4. The Morgan fingerprint density at radius 1 is 1.21 bits per heavy atom. The number of fused-ring (bicyclic) bond motifs is 1. The second kappa shape index (κ2) is 7.36. The molecule has 1 aromatic carbocycles. The number of benzene rings is 1. The zero-order valence-corrected chi connectivity index (χ0v) is 15.8. The number of halogens is 1. The quantitative estimate of drug-likeness (QED) is 0.565. The molecule has 5 nitrogen and oxygen atoms in total. The Balaban J connectivity index is 1.71. The molecule has 0 atom stereocenters. The predicted molar refractivity (Wildman–Crippen MR) is 109 cm³/mol. The van der Waals surface area contributed by atoms with E-state index in [4.69, 9.17) is 0 Å². The van der Waals surface area contributed by atoms with E-state index in [-0.39, 0.29) is 11.4 Å². The van der Waals surface area contributed by atoms with Crippen LogP contribution in [0.5, 0.6) is 0 Å². The van der Waals surface area contributed by atoms with Crippen molar-refractivity contribution < 1.29 is 9.18 Å². The van der Waals surface area contributed by atoms with Crippen LogP contribution >= 0.6 is 11.3 Å². The Hall–Kier alpha value is -3.32. The Morgan fingerprint density at radius 2 is 2.00 bits per heavy atom. The van der Waals surface area contributed by atoms with Gasteiger partial charge in [0.15, 0.2) is 0 Å². The van der Waals surface area contributed by atoms with Crippen LogP contribution in [0.1, 0.15) is 20.9 Å². The molecular weight excluding hydrogens is 377 g/mol. The topological polar surface area (TPSA) is 64.0 Å². The maximum Gasteiger partial charge on any atom is 0.260 e. The fraction of sp³-hybridized carbons (Fsp3) is 0.0952. The van der Waals surface area contributed by atoms with E-state index in [2.05, 4.69) is 10.3 Å². The van der Waals surface area contributed by atoms with Crippen molar-refractivity contribution in [3.05, 3.63) is 92.4 Å². The van der Waals surface area contributed by atoms with Gasteiger partial charge >= 0.3 is 0 Å². The SMILES string of the molecule is Cc1nc2ccn(Cc3cccs3)c(=O)c2cc1C(=O)Nc1ccc(F)cc1. The summed E-state index contributed by atoms with van der Waals surface area (Å²) in [6.45, 7) is 2.19. The first-order valence-corrected chi connectivity index (χ1v) is 9.49. The lowest BCUT2D eigenvalue weighted by Crippen LogP contribution is -2.21. The third kappa shape index (κ3) is 3.57. The lowest BCUT2D eigenvalue weighted by Gasteiger charge is -2.10. The van der Waals surface area contributed by atoms with Crippen LogP contribution in [0.4, 0.5) is 10.1 Å². The van der Waals surface area contributed by atoms with Crippen molar-refractivity contribution in [2.24, 2.45) is 0 Å². The average Bonchev–Trinajstić information content (AvgIpc) is 3.19.